The van der Waals surface area contributed by atoms with E-state index in [1.54, 1.807) is 24.1 Å². The second-order valence-corrected chi connectivity index (χ2v) is 10.7. The van der Waals surface area contributed by atoms with E-state index in [0.717, 1.165) is 63.7 Å². The van der Waals surface area contributed by atoms with Crippen molar-refractivity contribution in [2.75, 3.05) is 47.3 Å². The Morgan fingerprint density at radius 3 is 2.00 bits per heavy atom. The van der Waals surface area contributed by atoms with Crippen molar-refractivity contribution in [3.63, 3.8) is 0 Å². The Labute approximate surface area is 237 Å². The number of nitrogens with zero attached hydrogens (tertiary/aromatic N) is 3. The summed E-state index contributed by atoms with van der Waals surface area (Å²) < 4.78 is 11.1. The average molecular weight is 546 g/mol. The van der Waals surface area contributed by atoms with Crippen LogP contribution in [0.15, 0.2) is 24.3 Å². The monoisotopic (exact) mass is 545 g/mol. The van der Waals surface area contributed by atoms with Gasteiger partial charge in [-0.1, -0.05) is 58.1 Å². The molecule has 0 saturated heterocycles. The highest BCUT2D eigenvalue weighted by Crippen LogP contribution is 2.26. The van der Waals surface area contributed by atoms with Crippen LogP contribution >= 0.6 is 0 Å². The van der Waals surface area contributed by atoms with Crippen LogP contribution in [0.1, 0.15) is 96.1 Å². The molecule has 0 radical (unpaired) electrons. The lowest BCUT2D eigenvalue weighted by Gasteiger charge is -2.24. The van der Waals surface area contributed by atoms with E-state index < -0.39 is 12.2 Å². The molecule has 0 aliphatic heterocycles. The molecule has 220 valence electrons. The number of carbonyl (C=O) groups excluding carboxylic acids is 3. The molecule has 1 aromatic carbocycles. The minimum absolute atomic E-state index is 0.182. The van der Waals surface area contributed by atoms with Gasteiger partial charge in [-0.25, -0.2) is 4.79 Å². The fourth-order valence-electron chi connectivity index (χ4n) is 4.38. The molecule has 0 bridgehead atoms. The Kier molecular flexibility index (Phi) is 18.0. The van der Waals surface area contributed by atoms with Crippen molar-refractivity contribution in [3.8, 4) is 5.75 Å². The van der Waals surface area contributed by atoms with E-state index in [1.165, 1.54) is 20.7 Å². The molecule has 0 aromatic heterocycles. The van der Waals surface area contributed by atoms with Crippen LogP contribution < -0.4 is 4.74 Å². The smallest absolute Gasteiger partial charge is 0.414 e. The molecule has 0 spiro atoms. The van der Waals surface area contributed by atoms with Crippen LogP contribution in [-0.2, 0) is 9.53 Å². The van der Waals surface area contributed by atoms with E-state index in [1.807, 2.05) is 31.1 Å². The third-order valence-electron chi connectivity index (χ3n) is 6.70. The summed E-state index contributed by atoms with van der Waals surface area (Å²) in [4.78, 5) is 42.8. The summed E-state index contributed by atoms with van der Waals surface area (Å²) in [7, 11) is 7.12. The molecule has 1 unspecified atom stereocenters. The number of rotatable bonds is 20. The van der Waals surface area contributed by atoms with E-state index in [0.29, 0.717) is 31.6 Å². The van der Waals surface area contributed by atoms with Gasteiger partial charge in [-0.3, -0.25) is 9.59 Å². The predicted octanol–water partition coefficient (Wildman–Crippen LogP) is 5.65. The highest BCUT2D eigenvalue weighted by molar-refractivity contribution is 6.55. The molecule has 0 saturated carbocycles. The van der Waals surface area contributed by atoms with Gasteiger partial charge in [-0.15, -0.1) is 0 Å². The minimum atomic E-state index is -0.452. The third-order valence-corrected chi connectivity index (χ3v) is 6.70. The first-order valence-corrected chi connectivity index (χ1v) is 14.8. The van der Waals surface area contributed by atoms with E-state index in [2.05, 4.69) is 18.7 Å². The molecule has 8 nitrogen and oxygen atoms in total. The highest BCUT2D eigenvalue weighted by Gasteiger charge is 2.19. The molecule has 1 aromatic rings. The average Bonchev–Trinajstić information content (AvgIpc) is 2.89. The van der Waals surface area contributed by atoms with Crippen LogP contribution in [0.5, 0.6) is 5.75 Å². The van der Waals surface area contributed by atoms with E-state index in [9.17, 15) is 14.4 Å². The van der Waals surface area contributed by atoms with Gasteiger partial charge in [0.15, 0.2) is 0 Å². The van der Waals surface area contributed by atoms with Gasteiger partial charge in [-0.05, 0) is 70.4 Å². The first kappa shape index (κ1) is 34.5. The van der Waals surface area contributed by atoms with Gasteiger partial charge in [0.1, 0.15) is 11.9 Å². The van der Waals surface area contributed by atoms with Crippen molar-refractivity contribution in [2.45, 2.75) is 90.6 Å². The van der Waals surface area contributed by atoms with Gasteiger partial charge in [-0.2, -0.15) is 0 Å². The Balaban J connectivity index is 2.68. The first-order chi connectivity index (χ1) is 18.7. The molecule has 9 heteroatoms. The topological polar surface area (TPSA) is 79.4 Å². The molecule has 2 amide bonds. The zero-order chi connectivity index (χ0) is 29.0. The molecule has 39 heavy (non-hydrogen) atoms. The Morgan fingerprint density at radius 1 is 0.795 bits per heavy atom. The van der Waals surface area contributed by atoms with Crippen LogP contribution in [0, 0.1) is 0 Å². The minimum Gasteiger partial charge on any atom is -0.466 e. The van der Waals surface area contributed by atoms with Crippen LogP contribution in [0.4, 0.5) is 9.59 Å². The summed E-state index contributed by atoms with van der Waals surface area (Å²) in [6, 6.07) is 7.06. The largest absolute Gasteiger partial charge is 0.466 e. The summed E-state index contributed by atoms with van der Waals surface area (Å²) in [5.74, 6) is 0.255. The van der Waals surface area contributed by atoms with Gasteiger partial charge in [0.2, 0.25) is 19.6 Å². The van der Waals surface area contributed by atoms with Crippen molar-refractivity contribution < 1.29 is 23.9 Å². The molecule has 0 fully saturated rings. The maximum atomic E-state index is 13.0. The number of ether oxygens (including phenoxy) is 2. The number of benzene rings is 1. The molecular formula is C30H52BN3O5. The molecule has 0 aliphatic carbocycles. The van der Waals surface area contributed by atoms with Crippen molar-refractivity contribution in [2.24, 2.45) is 0 Å². The molecule has 0 N–H and O–H groups in total. The van der Waals surface area contributed by atoms with Crippen LogP contribution in [0.25, 0.3) is 0 Å². The summed E-state index contributed by atoms with van der Waals surface area (Å²) in [6.45, 7) is 7.50. The standard InChI is InChI=1S/C30H52BN3O5/c1-6-8-10-12-24-34(23-11-9-7-2)28(35)16-13-15-27(39-29(31)36)25-17-19-26(20-18-25)38-30(37)33(5)22-14-21-32(3)4/h17-20,27H,6-16,21-24,31H2,1-5H3. The van der Waals surface area contributed by atoms with Crippen LogP contribution in [0.3, 0.4) is 0 Å². The Morgan fingerprint density at radius 2 is 1.41 bits per heavy atom. The van der Waals surface area contributed by atoms with E-state index in [-0.39, 0.29) is 11.8 Å². The normalized spacial score (nSPS) is 11.7. The van der Waals surface area contributed by atoms with Crippen LogP contribution in [-0.4, -0.2) is 87.7 Å². The van der Waals surface area contributed by atoms with Gasteiger partial charge < -0.3 is 24.2 Å². The second-order valence-electron chi connectivity index (χ2n) is 10.7. The van der Waals surface area contributed by atoms with Crippen molar-refractivity contribution in [1.82, 2.24) is 14.7 Å². The molecule has 1 atom stereocenters. The number of hydrogen-bond donors (Lipinski definition) is 0. The van der Waals surface area contributed by atoms with Crippen molar-refractivity contribution in [3.05, 3.63) is 29.8 Å². The number of amides is 2. The summed E-state index contributed by atoms with van der Waals surface area (Å²) in [5.41, 5.74) is 0.816. The van der Waals surface area contributed by atoms with Gasteiger partial charge in [0.05, 0.1) is 0 Å². The van der Waals surface area contributed by atoms with Crippen molar-refractivity contribution >= 4 is 25.7 Å². The number of unbranched alkanes of at least 4 members (excludes halogenated alkanes) is 5. The summed E-state index contributed by atoms with van der Waals surface area (Å²) in [6.07, 6.45) is 9.50. The predicted molar refractivity (Wildman–Crippen MR) is 160 cm³/mol. The fraction of sp³-hybridized carbons (Fsp3) is 0.700. The second kappa shape index (κ2) is 20.4. The molecule has 0 aliphatic rings. The SMILES string of the molecule is BC(=O)OC(CCCC(=O)N(CCCCC)CCCCCC)c1ccc(OC(=O)N(C)CCCN(C)C)cc1. The molecule has 0 heterocycles. The Bertz CT molecular complexity index is 834. The zero-order valence-electron chi connectivity index (χ0n) is 25.4. The van der Waals surface area contributed by atoms with Gasteiger partial charge in [0, 0.05) is 33.1 Å². The quantitative estimate of drug-likeness (QED) is 0.156. The number of carbonyl (C=O) groups is 3. The maximum absolute atomic E-state index is 13.0. The lowest BCUT2D eigenvalue weighted by molar-refractivity contribution is -0.131. The van der Waals surface area contributed by atoms with Gasteiger partial charge >= 0.3 is 6.09 Å². The lowest BCUT2D eigenvalue weighted by Crippen LogP contribution is -2.33. The third kappa shape index (κ3) is 15.6. The number of hydrogen-bond acceptors (Lipinski definition) is 6. The van der Waals surface area contributed by atoms with Crippen molar-refractivity contribution in [1.29, 1.82) is 0 Å². The van der Waals surface area contributed by atoms with E-state index >= 15 is 0 Å². The summed E-state index contributed by atoms with van der Waals surface area (Å²) in [5, 5.41) is 0. The van der Waals surface area contributed by atoms with E-state index in [4.69, 9.17) is 9.47 Å². The highest BCUT2D eigenvalue weighted by atomic mass is 16.6. The first-order valence-electron chi connectivity index (χ1n) is 14.8. The fourth-order valence-corrected chi connectivity index (χ4v) is 4.38. The Hall–Kier alpha value is -2.55. The summed E-state index contributed by atoms with van der Waals surface area (Å²) >= 11 is 0. The molecule has 1 rings (SSSR count). The van der Waals surface area contributed by atoms with Crippen LogP contribution in [0.2, 0.25) is 0 Å². The molecular weight excluding hydrogens is 493 g/mol. The maximum Gasteiger partial charge on any atom is 0.414 e. The zero-order valence-corrected chi connectivity index (χ0v) is 25.4. The van der Waals surface area contributed by atoms with Gasteiger partial charge in [0.25, 0.3) is 0 Å². The lowest BCUT2D eigenvalue weighted by atomic mass is 10.0.